The van der Waals surface area contributed by atoms with Gasteiger partial charge in [0.2, 0.25) is 10.0 Å². The number of hydrogen-bond donors (Lipinski definition) is 1. The van der Waals surface area contributed by atoms with Crippen LogP contribution >= 0.6 is 0 Å². The van der Waals surface area contributed by atoms with Crippen LogP contribution in [0.4, 0.5) is 0 Å². The van der Waals surface area contributed by atoms with Gasteiger partial charge in [0, 0.05) is 11.1 Å². The lowest BCUT2D eigenvalue weighted by Gasteiger charge is -2.31. The number of sulfonamides is 1. The average Bonchev–Trinajstić information content (AvgIpc) is 2.70. The zero-order valence-corrected chi connectivity index (χ0v) is 17.2. The first-order valence-corrected chi connectivity index (χ1v) is 11.0. The summed E-state index contributed by atoms with van der Waals surface area (Å²) in [6.45, 7) is 7.12. The van der Waals surface area contributed by atoms with Crippen molar-refractivity contribution in [3.8, 4) is 5.75 Å². The first kappa shape index (κ1) is 20.5. The molecule has 1 N–H and O–H groups in total. The standard InChI is InChI=1S/C21H26N2O4S/c1-3-27-21-10-9-18(17(2)24)15-19(21)16-22-11-13-23(14-12-22)28(25,26)20-7-5-4-6-8-20/h4-10,15H,3,11-14,16H2,1-2H3/p+1. The SMILES string of the molecule is CCOc1ccc(C(C)=O)cc1C[NH+]1CCN(S(=O)(=O)c2ccccc2)CC1. The van der Waals surface area contributed by atoms with Crippen molar-refractivity contribution in [1.82, 2.24) is 4.31 Å². The maximum absolute atomic E-state index is 12.8. The molecule has 3 rings (SSSR count). The lowest BCUT2D eigenvalue weighted by atomic mass is 10.1. The number of rotatable bonds is 7. The van der Waals surface area contributed by atoms with Gasteiger partial charge in [-0.05, 0) is 44.2 Å². The number of Topliss-reactive ketones (excluding diaryl/α,β-unsaturated/α-hetero) is 1. The van der Waals surface area contributed by atoms with Crippen molar-refractivity contribution in [3.63, 3.8) is 0 Å². The lowest BCUT2D eigenvalue weighted by Crippen LogP contribution is -3.13. The molecule has 1 heterocycles. The molecule has 2 aromatic carbocycles. The molecule has 1 fully saturated rings. The van der Waals surface area contributed by atoms with Crippen LogP contribution in [0.5, 0.6) is 5.75 Å². The molecule has 28 heavy (non-hydrogen) atoms. The van der Waals surface area contributed by atoms with Crippen LogP contribution in [-0.2, 0) is 16.6 Å². The Morgan fingerprint density at radius 3 is 2.39 bits per heavy atom. The highest BCUT2D eigenvalue weighted by Crippen LogP contribution is 2.20. The smallest absolute Gasteiger partial charge is 0.243 e. The summed E-state index contributed by atoms with van der Waals surface area (Å²) in [5.41, 5.74) is 1.66. The van der Waals surface area contributed by atoms with Gasteiger partial charge in [0.25, 0.3) is 0 Å². The molecule has 1 aliphatic rings. The quantitative estimate of drug-likeness (QED) is 0.710. The van der Waals surface area contributed by atoms with Gasteiger partial charge in [-0.2, -0.15) is 4.31 Å². The predicted octanol–water partition coefficient (Wildman–Crippen LogP) is 1.38. The second-order valence-corrected chi connectivity index (χ2v) is 8.89. The summed E-state index contributed by atoms with van der Waals surface area (Å²) in [7, 11) is -3.44. The van der Waals surface area contributed by atoms with E-state index in [0.29, 0.717) is 49.8 Å². The first-order chi connectivity index (χ1) is 13.4. The van der Waals surface area contributed by atoms with Crippen LogP contribution < -0.4 is 9.64 Å². The van der Waals surface area contributed by atoms with E-state index in [1.165, 1.54) is 4.90 Å². The minimum atomic E-state index is -3.44. The van der Waals surface area contributed by atoms with E-state index in [9.17, 15) is 13.2 Å². The summed E-state index contributed by atoms with van der Waals surface area (Å²) in [5, 5.41) is 0. The number of ether oxygens (including phenoxy) is 1. The number of carbonyl (C=O) groups excluding carboxylic acids is 1. The maximum atomic E-state index is 12.8. The second-order valence-electron chi connectivity index (χ2n) is 6.96. The van der Waals surface area contributed by atoms with Gasteiger partial charge in [-0.1, -0.05) is 18.2 Å². The van der Waals surface area contributed by atoms with E-state index < -0.39 is 10.0 Å². The molecule has 0 aromatic heterocycles. The Hall–Kier alpha value is -2.22. The van der Waals surface area contributed by atoms with E-state index in [-0.39, 0.29) is 5.78 Å². The Labute approximate surface area is 166 Å². The van der Waals surface area contributed by atoms with Crippen LogP contribution in [-0.4, -0.2) is 51.3 Å². The van der Waals surface area contributed by atoms with Crippen molar-refractivity contribution >= 4 is 15.8 Å². The fourth-order valence-corrected chi connectivity index (χ4v) is 4.93. The monoisotopic (exact) mass is 403 g/mol. The average molecular weight is 404 g/mol. The maximum Gasteiger partial charge on any atom is 0.243 e. The molecule has 150 valence electrons. The summed E-state index contributed by atoms with van der Waals surface area (Å²) < 4.78 is 32.8. The molecular formula is C21H27N2O4S+. The number of carbonyl (C=O) groups is 1. The second kappa shape index (κ2) is 8.86. The Bertz CT molecular complexity index is 921. The van der Waals surface area contributed by atoms with E-state index in [2.05, 4.69) is 0 Å². The number of ketones is 1. The Morgan fingerprint density at radius 1 is 1.11 bits per heavy atom. The Morgan fingerprint density at radius 2 is 1.79 bits per heavy atom. The molecule has 0 radical (unpaired) electrons. The first-order valence-electron chi connectivity index (χ1n) is 9.57. The third-order valence-corrected chi connectivity index (χ3v) is 6.93. The molecule has 0 spiro atoms. The highest BCUT2D eigenvalue weighted by Gasteiger charge is 2.30. The van der Waals surface area contributed by atoms with E-state index in [1.807, 2.05) is 25.1 Å². The molecule has 0 atom stereocenters. The molecule has 1 aliphatic heterocycles. The van der Waals surface area contributed by atoms with Gasteiger partial charge in [0.1, 0.15) is 12.3 Å². The van der Waals surface area contributed by atoms with Crippen LogP contribution in [0.15, 0.2) is 53.4 Å². The zero-order valence-electron chi connectivity index (χ0n) is 16.3. The van der Waals surface area contributed by atoms with E-state index in [4.69, 9.17) is 4.74 Å². The highest BCUT2D eigenvalue weighted by atomic mass is 32.2. The van der Waals surface area contributed by atoms with Crippen LogP contribution in [0.1, 0.15) is 29.8 Å². The fraction of sp³-hybridized carbons (Fsp3) is 0.381. The summed E-state index contributed by atoms with van der Waals surface area (Å²) in [5.74, 6) is 0.817. The highest BCUT2D eigenvalue weighted by molar-refractivity contribution is 7.89. The van der Waals surface area contributed by atoms with Crippen molar-refractivity contribution in [2.24, 2.45) is 0 Å². The van der Waals surface area contributed by atoms with E-state index in [1.54, 1.807) is 41.6 Å². The van der Waals surface area contributed by atoms with Gasteiger partial charge in [-0.15, -0.1) is 0 Å². The third-order valence-electron chi connectivity index (χ3n) is 5.02. The number of nitrogens with zero attached hydrogens (tertiary/aromatic N) is 1. The topological polar surface area (TPSA) is 68.1 Å². The number of nitrogens with one attached hydrogen (secondary N) is 1. The predicted molar refractivity (Wildman–Crippen MR) is 107 cm³/mol. The number of quaternary nitrogens is 1. The summed E-state index contributed by atoms with van der Waals surface area (Å²) in [6, 6.07) is 14.1. The van der Waals surface area contributed by atoms with Gasteiger partial charge >= 0.3 is 0 Å². The van der Waals surface area contributed by atoms with Crippen molar-refractivity contribution in [2.75, 3.05) is 32.8 Å². The third kappa shape index (κ3) is 4.60. The van der Waals surface area contributed by atoms with Crippen LogP contribution in [0.3, 0.4) is 0 Å². The minimum absolute atomic E-state index is 0.0260. The minimum Gasteiger partial charge on any atom is -0.493 e. The molecule has 0 bridgehead atoms. The molecule has 0 amide bonds. The van der Waals surface area contributed by atoms with Gasteiger partial charge < -0.3 is 9.64 Å². The Balaban J connectivity index is 1.69. The van der Waals surface area contributed by atoms with Crippen molar-refractivity contribution in [3.05, 3.63) is 59.7 Å². The number of piperazine rings is 1. The molecule has 2 aromatic rings. The van der Waals surface area contributed by atoms with Crippen molar-refractivity contribution in [2.45, 2.75) is 25.3 Å². The van der Waals surface area contributed by atoms with Crippen LogP contribution in [0.25, 0.3) is 0 Å². The zero-order chi connectivity index (χ0) is 20.1. The fourth-order valence-electron chi connectivity index (χ4n) is 3.46. The Kier molecular flexibility index (Phi) is 6.49. The molecule has 7 heteroatoms. The molecule has 6 nitrogen and oxygen atoms in total. The lowest BCUT2D eigenvalue weighted by molar-refractivity contribution is -0.917. The summed E-state index contributed by atoms with van der Waals surface area (Å²) >= 11 is 0. The number of hydrogen-bond acceptors (Lipinski definition) is 4. The number of benzene rings is 2. The summed E-state index contributed by atoms with van der Waals surface area (Å²) in [4.78, 5) is 13.3. The van der Waals surface area contributed by atoms with Gasteiger partial charge in [-0.25, -0.2) is 8.42 Å². The van der Waals surface area contributed by atoms with Crippen molar-refractivity contribution < 1.29 is 22.8 Å². The van der Waals surface area contributed by atoms with Gasteiger partial charge in [0.15, 0.2) is 5.78 Å². The van der Waals surface area contributed by atoms with E-state index in [0.717, 1.165) is 11.3 Å². The molecule has 0 saturated carbocycles. The molecule has 0 aliphatic carbocycles. The van der Waals surface area contributed by atoms with Crippen LogP contribution in [0.2, 0.25) is 0 Å². The normalized spacial score (nSPS) is 16.1. The van der Waals surface area contributed by atoms with Gasteiger partial charge in [0.05, 0.1) is 37.7 Å². The largest absolute Gasteiger partial charge is 0.493 e. The molecule has 1 saturated heterocycles. The summed E-state index contributed by atoms with van der Waals surface area (Å²) in [6.07, 6.45) is 0. The van der Waals surface area contributed by atoms with E-state index >= 15 is 0 Å². The molecule has 0 unspecified atom stereocenters. The van der Waals surface area contributed by atoms with Gasteiger partial charge in [-0.3, -0.25) is 4.79 Å². The molecular weight excluding hydrogens is 376 g/mol. The van der Waals surface area contributed by atoms with Crippen molar-refractivity contribution in [1.29, 1.82) is 0 Å². The van der Waals surface area contributed by atoms with Crippen LogP contribution in [0, 0.1) is 0 Å².